The van der Waals surface area contributed by atoms with Crippen LogP contribution in [0.15, 0.2) is 48.8 Å². The van der Waals surface area contributed by atoms with Gasteiger partial charge >= 0.3 is 0 Å². The summed E-state index contributed by atoms with van der Waals surface area (Å²) in [7, 11) is 0. The van der Waals surface area contributed by atoms with Crippen molar-refractivity contribution in [3.8, 4) is 11.4 Å². The first-order valence-electron chi connectivity index (χ1n) is 11.6. The molecule has 10 nitrogen and oxygen atoms in total. The number of amides is 1. The van der Waals surface area contributed by atoms with E-state index in [9.17, 15) is 4.79 Å². The van der Waals surface area contributed by atoms with E-state index >= 15 is 0 Å². The molecule has 1 aromatic heterocycles. The maximum absolute atomic E-state index is 13.2. The van der Waals surface area contributed by atoms with Crippen molar-refractivity contribution >= 4 is 5.91 Å². The topological polar surface area (TPSA) is 99.8 Å². The standard InChI is InChI=1S/C24H29N7O3/c32-13-11-28-7-9-29(10-8-28)16-19-1-6-23-21(15-19)17-30(12-14-34-23)24(33)20-2-4-22(5-3-20)31-18-25-26-27-31/h1-6,15,18,32H,7-14,16-17H2. The van der Waals surface area contributed by atoms with Gasteiger partial charge in [-0.25, -0.2) is 4.68 Å². The lowest BCUT2D eigenvalue weighted by molar-refractivity contribution is 0.0733. The molecular formula is C24H29N7O3. The number of benzene rings is 2. The van der Waals surface area contributed by atoms with Gasteiger partial charge < -0.3 is 14.7 Å². The van der Waals surface area contributed by atoms with Crippen LogP contribution in [0, 0.1) is 0 Å². The second-order valence-electron chi connectivity index (χ2n) is 8.66. The zero-order valence-corrected chi connectivity index (χ0v) is 19.1. The number of piperazine rings is 1. The van der Waals surface area contributed by atoms with Crippen molar-refractivity contribution in [3.63, 3.8) is 0 Å². The summed E-state index contributed by atoms with van der Waals surface area (Å²) in [5.41, 5.74) is 3.68. The second kappa shape index (κ2) is 10.3. The Balaban J connectivity index is 1.25. The number of nitrogens with zero attached hydrogens (tertiary/aromatic N) is 7. The molecule has 0 atom stereocenters. The van der Waals surface area contributed by atoms with Crippen molar-refractivity contribution in [1.29, 1.82) is 0 Å². The molecule has 2 aromatic carbocycles. The first-order valence-corrected chi connectivity index (χ1v) is 11.6. The van der Waals surface area contributed by atoms with Crippen LogP contribution < -0.4 is 4.74 Å². The van der Waals surface area contributed by atoms with Crippen molar-refractivity contribution in [1.82, 2.24) is 34.9 Å². The maximum Gasteiger partial charge on any atom is 0.254 e. The van der Waals surface area contributed by atoms with Gasteiger partial charge in [0, 0.05) is 56.9 Å². The number of aliphatic hydroxyl groups is 1. The summed E-state index contributed by atoms with van der Waals surface area (Å²) in [4.78, 5) is 19.8. The Morgan fingerprint density at radius 2 is 1.79 bits per heavy atom. The molecule has 0 aliphatic carbocycles. The van der Waals surface area contributed by atoms with Crippen LogP contribution in [-0.2, 0) is 13.1 Å². The van der Waals surface area contributed by atoms with Crippen LogP contribution in [0.25, 0.3) is 5.69 Å². The van der Waals surface area contributed by atoms with E-state index in [4.69, 9.17) is 9.84 Å². The molecule has 1 amide bonds. The molecule has 3 heterocycles. The Kier molecular flexibility index (Phi) is 6.79. The van der Waals surface area contributed by atoms with Crippen molar-refractivity contribution in [3.05, 3.63) is 65.5 Å². The summed E-state index contributed by atoms with van der Waals surface area (Å²) in [6, 6.07) is 13.6. The molecule has 2 aliphatic rings. The number of aliphatic hydroxyl groups excluding tert-OH is 1. The highest BCUT2D eigenvalue weighted by Gasteiger charge is 2.22. The van der Waals surface area contributed by atoms with Crippen LogP contribution in [0.2, 0.25) is 0 Å². The third-order valence-electron chi connectivity index (χ3n) is 6.41. The van der Waals surface area contributed by atoms with Gasteiger partial charge in [0.15, 0.2) is 0 Å². The predicted molar refractivity (Wildman–Crippen MR) is 125 cm³/mol. The third kappa shape index (κ3) is 5.09. The lowest BCUT2D eigenvalue weighted by Gasteiger charge is -2.34. The number of ether oxygens (including phenoxy) is 1. The Morgan fingerprint density at radius 3 is 2.53 bits per heavy atom. The first-order chi connectivity index (χ1) is 16.7. The molecule has 1 N–H and O–H groups in total. The number of tetrazole rings is 1. The van der Waals surface area contributed by atoms with E-state index in [1.54, 1.807) is 16.8 Å². The van der Waals surface area contributed by atoms with E-state index in [1.165, 1.54) is 11.9 Å². The summed E-state index contributed by atoms with van der Waals surface area (Å²) in [6.45, 7) is 7.26. The Labute approximate surface area is 198 Å². The number of carbonyl (C=O) groups is 1. The van der Waals surface area contributed by atoms with Crippen LogP contribution in [0.5, 0.6) is 5.75 Å². The Bertz CT molecular complexity index is 1100. The average molecular weight is 464 g/mol. The minimum Gasteiger partial charge on any atom is -0.491 e. The molecule has 5 rings (SSSR count). The van der Waals surface area contributed by atoms with E-state index in [2.05, 4.69) is 37.5 Å². The monoisotopic (exact) mass is 463 g/mol. The minimum absolute atomic E-state index is 0.0230. The summed E-state index contributed by atoms with van der Waals surface area (Å²) in [6.07, 6.45) is 1.52. The number of aromatic nitrogens is 4. The molecule has 0 saturated carbocycles. The van der Waals surface area contributed by atoms with Crippen molar-refractivity contribution in [2.75, 3.05) is 52.5 Å². The van der Waals surface area contributed by atoms with E-state index in [0.717, 1.165) is 56.3 Å². The number of β-amino-alcohol motifs (C(OH)–C–C–N with tert-alkyl or cyclic N) is 1. The van der Waals surface area contributed by atoms with E-state index in [1.807, 2.05) is 23.1 Å². The normalized spacial score (nSPS) is 17.1. The van der Waals surface area contributed by atoms with E-state index < -0.39 is 0 Å². The summed E-state index contributed by atoms with van der Waals surface area (Å²) in [5, 5.41) is 20.3. The van der Waals surface area contributed by atoms with Crippen molar-refractivity contribution in [2.24, 2.45) is 0 Å². The second-order valence-corrected chi connectivity index (χ2v) is 8.66. The van der Waals surface area contributed by atoms with E-state index in [-0.39, 0.29) is 12.5 Å². The molecule has 3 aromatic rings. The molecule has 0 spiro atoms. The van der Waals surface area contributed by atoms with Crippen LogP contribution in [0.3, 0.4) is 0 Å². The molecular weight excluding hydrogens is 434 g/mol. The number of hydrogen-bond donors (Lipinski definition) is 1. The minimum atomic E-state index is -0.0230. The molecule has 0 radical (unpaired) electrons. The van der Waals surface area contributed by atoms with Crippen LogP contribution in [-0.4, -0.2) is 98.4 Å². The van der Waals surface area contributed by atoms with Gasteiger partial charge in [0.2, 0.25) is 0 Å². The quantitative estimate of drug-likeness (QED) is 0.573. The fourth-order valence-electron chi connectivity index (χ4n) is 4.51. The highest BCUT2D eigenvalue weighted by molar-refractivity contribution is 5.94. The number of carbonyl (C=O) groups excluding carboxylic acids is 1. The Morgan fingerprint density at radius 1 is 1.00 bits per heavy atom. The number of hydrogen-bond acceptors (Lipinski definition) is 8. The number of fused-ring (bicyclic) bond motifs is 1. The molecule has 1 saturated heterocycles. The van der Waals surface area contributed by atoms with Gasteiger partial charge in [-0.2, -0.15) is 0 Å². The summed E-state index contributed by atoms with van der Waals surface area (Å²) in [5.74, 6) is 0.825. The first kappa shape index (κ1) is 22.5. The molecule has 10 heteroatoms. The van der Waals surface area contributed by atoms with Gasteiger partial charge in [-0.3, -0.25) is 14.6 Å². The molecule has 0 unspecified atom stereocenters. The Hall–Kier alpha value is -3.34. The summed E-state index contributed by atoms with van der Waals surface area (Å²) >= 11 is 0. The lowest BCUT2D eigenvalue weighted by Crippen LogP contribution is -2.46. The fraction of sp³-hybridized carbons (Fsp3) is 0.417. The SMILES string of the molecule is O=C(c1ccc(-n2cnnn2)cc1)N1CCOc2ccc(CN3CCN(CCO)CC3)cc2C1. The fourth-order valence-corrected chi connectivity index (χ4v) is 4.51. The molecule has 178 valence electrons. The zero-order chi connectivity index (χ0) is 23.3. The predicted octanol–water partition coefficient (Wildman–Crippen LogP) is 0.807. The van der Waals surface area contributed by atoms with Crippen LogP contribution in [0.1, 0.15) is 21.5 Å². The van der Waals surface area contributed by atoms with Crippen LogP contribution >= 0.6 is 0 Å². The largest absolute Gasteiger partial charge is 0.491 e. The number of rotatable bonds is 6. The molecule has 34 heavy (non-hydrogen) atoms. The smallest absolute Gasteiger partial charge is 0.254 e. The maximum atomic E-state index is 13.2. The van der Waals surface area contributed by atoms with E-state index in [0.29, 0.717) is 25.3 Å². The van der Waals surface area contributed by atoms with Gasteiger partial charge in [0.1, 0.15) is 18.7 Å². The molecule has 1 fully saturated rings. The van der Waals surface area contributed by atoms with Gasteiger partial charge in [0.25, 0.3) is 5.91 Å². The van der Waals surface area contributed by atoms with Gasteiger partial charge in [-0.1, -0.05) is 6.07 Å². The van der Waals surface area contributed by atoms with Gasteiger partial charge in [0.05, 0.1) is 18.8 Å². The van der Waals surface area contributed by atoms with Crippen molar-refractivity contribution in [2.45, 2.75) is 13.1 Å². The molecule has 0 bridgehead atoms. The molecule has 2 aliphatic heterocycles. The van der Waals surface area contributed by atoms with Gasteiger partial charge in [-0.05, 0) is 52.4 Å². The summed E-state index contributed by atoms with van der Waals surface area (Å²) < 4.78 is 7.51. The average Bonchev–Trinajstić information content (AvgIpc) is 3.32. The van der Waals surface area contributed by atoms with Gasteiger partial charge in [-0.15, -0.1) is 5.10 Å². The lowest BCUT2D eigenvalue weighted by atomic mass is 10.1. The van der Waals surface area contributed by atoms with Crippen molar-refractivity contribution < 1.29 is 14.6 Å². The van der Waals surface area contributed by atoms with Crippen LogP contribution in [0.4, 0.5) is 0 Å². The zero-order valence-electron chi connectivity index (χ0n) is 19.1. The highest BCUT2D eigenvalue weighted by atomic mass is 16.5. The third-order valence-corrected chi connectivity index (χ3v) is 6.41. The highest BCUT2D eigenvalue weighted by Crippen LogP contribution is 2.26.